The van der Waals surface area contributed by atoms with Gasteiger partial charge in [-0.1, -0.05) is 36.4 Å². The zero-order valence-corrected chi connectivity index (χ0v) is 22.7. The first kappa shape index (κ1) is 23.2. The van der Waals surface area contributed by atoms with Crippen LogP contribution >= 0.6 is 0 Å². The first-order valence-corrected chi connectivity index (χ1v) is 15.0. The molecule has 6 nitrogen and oxygen atoms in total. The van der Waals surface area contributed by atoms with Gasteiger partial charge in [0.15, 0.2) is 0 Å². The minimum absolute atomic E-state index is 0.149. The lowest BCUT2D eigenvalue weighted by Crippen LogP contribution is -2.03. The third-order valence-electron chi connectivity index (χ3n) is 8.34. The number of para-hydroxylation sites is 2. The molecule has 0 amide bonds. The average molecular weight is 559 g/mol. The molecule has 0 saturated heterocycles. The van der Waals surface area contributed by atoms with Crippen LogP contribution in [-0.4, -0.2) is 23.0 Å². The fourth-order valence-electron chi connectivity index (χ4n) is 6.40. The summed E-state index contributed by atoms with van der Waals surface area (Å²) in [6.45, 7) is 0. The van der Waals surface area contributed by atoms with E-state index in [1.54, 1.807) is 12.1 Å². The zero-order chi connectivity index (χ0) is 28.2. The van der Waals surface area contributed by atoms with Gasteiger partial charge >= 0.3 is 0 Å². The van der Waals surface area contributed by atoms with E-state index in [2.05, 4.69) is 28.8 Å². The summed E-state index contributed by atoms with van der Waals surface area (Å²) < 4.78 is 29.0. The van der Waals surface area contributed by atoms with Crippen molar-refractivity contribution in [3.63, 3.8) is 0 Å². The number of fused-ring (bicyclic) bond motifs is 11. The molecule has 0 atom stereocenters. The van der Waals surface area contributed by atoms with Crippen LogP contribution in [0.3, 0.4) is 0 Å². The molecule has 0 unspecified atom stereocenters. The third-order valence-corrected chi connectivity index (χ3v) is 10.1. The summed E-state index contributed by atoms with van der Waals surface area (Å²) in [4.78, 5) is 10.4. The lowest BCUT2D eigenvalue weighted by Gasteiger charge is -2.10. The van der Waals surface area contributed by atoms with Crippen LogP contribution in [0.1, 0.15) is 5.56 Å². The van der Waals surface area contributed by atoms with Gasteiger partial charge in [-0.05, 0) is 72.8 Å². The largest absolute Gasteiger partial charge is 0.305 e. The Morgan fingerprint density at radius 3 is 1.57 bits per heavy atom. The maximum atomic E-state index is 13.4. The van der Waals surface area contributed by atoms with Gasteiger partial charge in [-0.15, -0.1) is 0 Å². The van der Waals surface area contributed by atoms with Crippen molar-refractivity contribution in [2.45, 2.75) is 9.79 Å². The second kappa shape index (κ2) is 8.00. The van der Waals surface area contributed by atoms with Gasteiger partial charge in [0.25, 0.3) is 0 Å². The average Bonchev–Trinajstić information content (AvgIpc) is 3.80. The summed E-state index contributed by atoms with van der Waals surface area (Å²) in [5.41, 5.74) is 9.15. The van der Waals surface area contributed by atoms with Gasteiger partial charge in [0.05, 0.1) is 54.9 Å². The molecule has 0 spiro atoms. The molecular weight excluding hydrogens is 540 g/mol. The summed E-state index contributed by atoms with van der Waals surface area (Å²) in [6.07, 6.45) is 0. The van der Waals surface area contributed by atoms with E-state index < -0.39 is 9.84 Å². The highest BCUT2D eigenvalue weighted by atomic mass is 32.2. The molecule has 0 fully saturated rings. The SMILES string of the molecule is N#Cc1ccc(S(=O)(=O)c2ccc(-n3c4c5nc6ccccc6c-5cc4c4cc5c6ccccc6nc-5c43)cc2)cc1. The second-order valence-electron chi connectivity index (χ2n) is 10.6. The molecular formula is C35H18N4O2S. The van der Waals surface area contributed by atoms with E-state index in [4.69, 9.17) is 15.2 Å². The molecule has 0 saturated carbocycles. The van der Waals surface area contributed by atoms with E-state index in [1.807, 2.05) is 54.6 Å². The van der Waals surface area contributed by atoms with Crippen molar-refractivity contribution in [1.82, 2.24) is 14.5 Å². The molecule has 42 heavy (non-hydrogen) atoms. The Labute approximate surface area is 240 Å². The third kappa shape index (κ3) is 2.94. The fraction of sp³-hybridized carbons (Fsp3) is 0. The van der Waals surface area contributed by atoms with Gasteiger partial charge in [-0.25, -0.2) is 18.4 Å². The highest BCUT2D eigenvalue weighted by Gasteiger charge is 2.29. The Hall–Kier alpha value is -5.58. The highest BCUT2D eigenvalue weighted by molar-refractivity contribution is 7.91. The smallest absolute Gasteiger partial charge is 0.206 e. The molecule has 0 radical (unpaired) electrons. The maximum absolute atomic E-state index is 13.4. The van der Waals surface area contributed by atoms with Crippen molar-refractivity contribution < 1.29 is 8.42 Å². The number of aromatic nitrogens is 3. The first-order valence-electron chi connectivity index (χ1n) is 13.5. The van der Waals surface area contributed by atoms with Crippen molar-refractivity contribution >= 4 is 53.4 Å². The molecule has 5 aromatic rings. The molecule has 3 heterocycles. The van der Waals surface area contributed by atoms with E-state index in [9.17, 15) is 8.42 Å². The van der Waals surface area contributed by atoms with Crippen molar-refractivity contribution in [3.05, 3.63) is 115 Å². The summed E-state index contributed by atoms with van der Waals surface area (Å²) in [7, 11) is -3.76. The van der Waals surface area contributed by atoms with Crippen LogP contribution in [0.2, 0.25) is 0 Å². The zero-order valence-electron chi connectivity index (χ0n) is 21.9. The van der Waals surface area contributed by atoms with Crippen molar-refractivity contribution in [2.24, 2.45) is 0 Å². The maximum Gasteiger partial charge on any atom is 0.206 e. The van der Waals surface area contributed by atoms with Crippen LogP contribution in [0.25, 0.3) is 71.8 Å². The molecule has 7 heteroatoms. The summed E-state index contributed by atoms with van der Waals surface area (Å²) in [5, 5.41) is 13.5. The lowest BCUT2D eigenvalue weighted by molar-refractivity contribution is 0.596. The lowest BCUT2D eigenvalue weighted by atomic mass is 10.1. The number of hydrogen-bond donors (Lipinski definition) is 0. The first-order chi connectivity index (χ1) is 20.5. The second-order valence-corrected chi connectivity index (χ2v) is 12.5. The Kier molecular flexibility index (Phi) is 4.41. The summed E-state index contributed by atoms with van der Waals surface area (Å²) >= 11 is 0. The quantitative estimate of drug-likeness (QED) is 0.222. The minimum Gasteiger partial charge on any atom is -0.305 e. The van der Waals surface area contributed by atoms with Gasteiger partial charge in [0.1, 0.15) is 0 Å². The molecule has 4 aliphatic rings. The number of nitrogens with zero attached hydrogens (tertiary/aromatic N) is 4. The monoisotopic (exact) mass is 558 g/mol. The fourth-order valence-corrected chi connectivity index (χ4v) is 7.66. The van der Waals surface area contributed by atoms with Gasteiger partial charge in [0, 0.05) is 38.4 Å². The Morgan fingerprint density at radius 2 is 1.07 bits per heavy atom. The highest BCUT2D eigenvalue weighted by Crippen LogP contribution is 2.50. The topological polar surface area (TPSA) is 88.6 Å². The van der Waals surface area contributed by atoms with E-state index >= 15 is 0 Å². The van der Waals surface area contributed by atoms with Crippen LogP contribution in [0.5, 0.6) is 0 Å². The van der Waals surface area contributed by atoms with Crippen LogP contribution in [0.4, 0.5) is 0 Å². The van der Waals surface area contributed by atoms with Crippen molar-refractivity contribution in [3.8, 4) is 34.3 Å². The van der Waals surface area contributed by atoms with Crippen LogP contribution in [-0.2, 0) is 9.84 Å². The minimum atomic E-state index is -3.76. The summed E-state index contributed by atoms with van der Waals surface area (Å²) in [5.74, 6) is 0. The molecule has 4 aromatic carbocycles. The van der Waals surface area contributed by atoms with Crippen LogP contribution < -0.4 is 0 Å². The normalized spacial score (nSPS) is 12.5. The van der Waals surface area contributed by atoms with Gasteiger partial charge in [0.2, 0.25) is 9.84 Å². The van der Waals surface area contributed by atoms with Crippen molar-refractivity contribution in [1.29, 1.82) is 5.26 Å². The number of benzene rings is 4. The molecule has 196 valence electrons. The molecule has 2 aliphatic carbocycles. The summed E-state index contributed by atoms with van der Waals surface area (Å²) in [6, 6.07) is 35.8. The van der Waals surface area contributed by atoms with E-state index in [1.165, 1.54) is 24.3 Å². The number of nitriles is 1. The molecule has 1 aromatic heterocycles. The van der Waals surface area contributed by atoms with Crippen LogP contribution in [0.15, 0.2) is 119 Å². The molecule has 2 aliphatic heterocycles. The Morgan fingerprint density at radius 1 is 0.595 bits per heavy atom. The predicted molar refractivity (Wildman–Crippen MR) is 164 cm³/mol. The van der Waals surface area contributed by atoms with Crippen molar-refractivity contribution in [2.75, 3.05) is 0 Å². The number of sulfone groups is 1. The molecule has 0 N–H and O–H groups in total. The van der Waals surface area contributed by atoms with Crippen LogP contribution in [0, 0.1) is 11.3 Å². The van der Waals surface area contributed by atoms with Gasteiger partial charge in [-0.2, -0.15) is 5.26 Å². The predicted octanol–water partition coefficient (Wildman–Crippen LogP) is 7.67. The van der Waals surface area contributed by atoms with E-state index in [-0.39, 0.29) is 9.79 Å². The number of hydrogen-bond acceptors (Lipinski definition) is 5. The standard InChI is InChI=1S/C35H18N4O2S/c36-19-20-9-13-22(14-10-20)42(40,41)23-15-11-21(12-16-23)39-34-28(17-26-24-5-1-3-7-30(24)37-32(26)34)29-18-27-25-6-2-4-8-31(25)38-33(27)35(29)39/h1-18H. The van der Waals surface area contributed by atoms with Gasteiger partial charge < -0.3 is 4.57 Å². The van der Waals surface area contributed by atoms with Gasteiger partial charge in [-0.3, -0.25) is 0 Å². The Bertz CT molecular complexity index is 2460. The van der Waals surface area contributed by atoms with E-state index in [0.29, 0.717) is 5.56 Å². The number of rotatable bonds is 3. The van der Waals surface area contributed by atoms with E-state index in [0.717, 1.165) is 71.8 Å². The molecule has 9 rings (SSSR count). The Balaban J connectivity index is 1.31. The molecule has 0 bridgehead atoms.